The number of rotatable bonds is 2. The molecule has 61 heavy (non-hydrogen) atoms. The molecule has 0 aliphatic rings. The van der Waals surface area contributed by atoms with E-state index in [4.69, 9.17) is 46.4 Å². The molecule has 0 spiro atoms. The summed E-state index contributed by atoms with van der Waals surface area (Å²) in [5.74, 6) is 0. The van der Waals surface area contributed by atoms with Crippen LogP contribution in [0, 0.1) is 0 Å². The first-order valence-corrected chi connectivity index (χ1v) is 21.4. The fourth-order valence-corrected chi connectivity index (χ4v) is 10.0. The number of aromatic nitrogens is 4. The number of halogens is 4. The fraction of sp³-hybridized carbons (Fsp3) is 0. The molecule has 0 amide bonds. The number of hydrogen-bond donors (Lipinski definition) is 4. The fourth-order valence-electron chi connectivity index (χ4n) is 7.37. The van der Waals surface area contributed by atoms with E-state index in [1.165, 1.54) is 48.5 Å². The number of benzene rings is 6. The molecule has 10 aromatic rings. The molecule has 0 aliphatic carbocycles. The first kappa shape index (κ1) is 42.4. The van der Waals surface area contributed by atoms with Crippen molar-refractivity contribution in [3.8, 4) is 0 Å². The third-order valence-electron chi connectivity index (χ3n) is 10.0. The van der Waals surface area contributed by atoms with Crippen molar-refractivity contribution in [1.29, 1.82) is 0 Å². The van der Waals surface area contributed by atoms with Gasteiger partial charge in [0.2, 0.25) is 0 Å². The van der Waals surface area contributed by atoms with Crippen LogP contribution >= 0.6 is 46.4 Å². The zero-order chi connectivity index (χ0) is 42.7. The van der Waals surface area contributed by atoms with Crippen LogP contribution in [0.25, 0.3) is 87.2 Å². The Bertz CT molecular complexity index is 3850. The molecule has 0 saturated carbocycles. The molecule has 21 heteroatoms. The largest absolute Gasteiger partial charge is 2.00 e. The van der Waals surface area contributed by atoms with Gasteiger partial charge in [0, 0.05) is 53.1 Å². The SMILES string of the molecule is O=c1c2ccc(Cl)cc2[nH]c2cc3c(=O)c4ccc(Cl)c(S(=O)(=O)[O-])c4[nH]c3cc12.O=c1c2ccc(Cl)cc2[nH]c2cc3c(=O)c4ccc(Cl)c(S(=O)(=O)[O-])c4[nH]c3cc12.[Ni+2]. The summed E-state index contributed by atoms with van der Waals surface area (Å²) in [6, 6.07) is 20.5. The van der Waals surface area contributed by atoms with E-state index >= 15 is 0 Å². The molecule has 0 unspecified atom stereocenters. The summed E-state index contributed by atoms with van der Waals surface area (Å²) in [5, 5.41) is 2.08. The Balaban J connectivity index is 0.000000166. The van der Waals surface area contributed by atoms with Crippen molar-refractivity contribution >= 4 is 154 Å². The van der Waals surface area contributed by atoms with Crippen molar-refractivity contribution in [2.45, 2.75) is 9.79 Å². The van der Waals surface area contributed by atoms with Gasteiger partial charge in [-0.15, -0.1) is 0 Å². The van der Waals surface area contributed by atoms with Crippen LogP contribution in [0.15, 0.2) is 114 Å². The normalized spacial score (nSPS) is 12.2. The molecule has 4 N–H and O–H groups in total. The van der Waals surface area contributed by atoms with E-state index < -0.39 is 40.9 Å². The molecule has 0 atom stereocenters. The number of pyridine rings is 4. The van der Waals surface area contributed by atoms with Gasteiger partial charge in [0.05, 0.1) is 64.0 Å². The second-order valence-corrected chi connectivity index (χ2v) is 17.9. The minimum atomic E-state index is -4.96. The second-order valence-electron chi connectivity index (χ2n) is 13.6. The van der Waals surface area contributed by atoms with E-state index in [2.05, 4.69) is 19.9 Å². The molecule has 14 nitrogen and oxygen atoms in total. The van der Waals surface area contributed by atoms with Crippen LogP contribution in [0.2, 0.25) is 20.1 Å². The van der Waals surface area contributed by atoms with Crippen LogP contribution < -0.4 is 21.7 Å². The van der Waals surface area contributed by atoms with Crippen molar-refractivity contribution in [3.63, 3.8) is 0 Å². The maximum Gasteiger partial charge on any atom is 2.00 e. The van der Waals surface area contributed by atoms with E-state index in [0.717, 1.165) is 0 Å². The molecule has 0 saturated heterocycles. The molecule has 10 rings (SSSR count). The minimum Gasteiger partial charge on any atom is -0.744 e. The molecule has 4 heterocycles. The summed E-state index contributed by atoms with van der Waals surface area (Å²) in [4.78, 5) is 62.4. The maximum absolute atomic E-state index is 13.1. The Morgan fingerprint density at radius 2 is 0.656 bits per heavy atom. The van der Waals surface area contributed by atoms with Gasteiger partial charge >= 0.3 is 16.5 Å². The zero-order valence-electron chi connectivity index (χ0n) is 29.8. The minimum absolute atomic E-state index is 0. The molecule has 308 valence electrons. The molecule has 0 fully saturated rings. The molecule has 0 radical (unpaired) electrons. The Labute approximate surface area is 369 Å². The van der Waals surface area contributed by atoms with Crippen LogP contribution in [-0.4, -0.2) is 45.9 Å². The standard InChI is InChI=1S/2C20H10Cl2N2O5S.Ni/c2*21-8-1-2-9-14(5-8)23-15-6-12-16(7-11(15)18(9)25)24-17-10(19(12)26)3-4-13(22)20(17)30(27,28)29;/h2*1-7H,(H,23,25)(H,24,26)(H,27,28,29);/q;;+2/p-2. The van der Waals surface area contributed by atoms with Gasteiger partial charge in [-0.25, -0.2) is 16.8 Å². The average molecular weight is 979 g/mol. The smallest absolute Gasteiger partial charge is 0.744 e. The summed E-state index contributed by atoms with van der Waals surface area (Å²) in [6.45, 7) is 0. The van der Waals surface area contributed by atoms with E-state index in [0.29, 0.717) is 42.9 Å². The van der Waals surface area contributed by atoms with Crippen LogP contribution in [0.5, 0.6) is 0 Å². The predicted octanol–water partition coefficient (Wildman–Crippen LogP) is 7.77. The Morgan fingerprint density at radius 3 is 0.984 bits per heavy atom. The van der Waals surface area contributed by atoms with E-state index in [1.54, 1.807) is 36.4 Å². The van der Waals surface area contributed by atoms with Gasteiger partial charge in [0.1, 0.15) is 20.2 Å². The first-order valence-electron chi connectivity index (χ1n) is 17.1. The molecule has 0 aliphatic heterocycles. The summed E-state index contributed by atoms with van der Waals surface area (Å²) in [6.07, 6.45) is 0. The third kappa shape index (κ3) is 7.05. The van der Waals surface area contributed by atoms with Gasteiger partial charge in [-0.3, -0.25) is 19.2 Å². The molecular formula is C40H18Cl4N4NiO10S2. The van der Waals surface area contributed by atoms with Gasteiger partial charge in [-0.2, -0.15) is 0 Å². The van der Waals surface area contributed by atoms with E-state index in [-0.39, 0.29) is 91.8 Å². The molecule has 6 aromatic carbocycles. The van der Waals surface area contributed by atoms with Gasteiger partial charge in [-0.05, 0) is 84.9 Å². The average Bonchev–Trinajstić information content (AvgIpc) is 3.16. The molecule has 4 aromatic heterocycles. The van der Waals surface area contributed by atoms with Crippen molar-refractivity contribution in [2.24, 2.45) is 0 Å². The predicted molar refractivity (Wildman–Crippen MR) is 231 cm³/mol. The summed E-state index contributed by atoms with van der Waals surface area (Å²) in [7, 11) is -9.92. The summed E-state index contributed by atoms with van der Waals surface area (Å²) >= 11 is 23.9. The summed E-state index contributed by atoms with van der Waals surface area (Å²) in [5.41, 5.74) is 0.279. The number of fused-ring (bicyclic) bond motifs is 8. The topological polar surface area (TPSA) is 246 Å². The van der Waals surface area contributed by atoms with Gasteiger partial charge < -0.3 is 29.0 Å². The van der Waals surface area contributed by atoms with Crippen molar-refractivity contribution < 1.29 is 42.4 Å². The van der Waals surface area contributed by atoms with Crippen LogP contribution in [0.1, 0.15) is 0 Å². The Hall–Kier alpha value is -5.33. The van der Waals surface area contributed by atoms with E-state index in [1.807, 2.05) is 0 Å². The quantitative estimate of drug-likeness (QED) is 0.0744. The molecular weight excluding hydrogens is 961 g/mol. The number of hydrogen-bond acceptors (Lipinski definition) is 10. The third-order valence-corrected chi connectivity index (χ3v) is 13.2. The molecule has 0 bridgehead atoms. The van der Waals surface area contributed by atoms with E-state index in [9.17, 15) is 45.1 Å². The van der Waals surface area contributed by atoms with Crippen molar-refractivity contribution in [2.75, 3.05) is 0 Å². The van der Waals surface area contributed by atoms with Crippen molar-refractivity contribution in [3.05, 3.63) is 146 Å². The number of H-pyrrole nitrogens is 4. The van der Waals surface area contributed by atoms with Gasteiger partial charge in [0.25, 0.3) is 0 Å². The number of nitrogens with one attached hydrogen (secondary N) is 4. The maximum atomic E-state index is 13.1. The van der Waals surface area contributed by atoms with Crippen LogP contribution in [-0.2, 0) is 36.7 Å². The van der Waals surface area contributed by atoms with Gasteiger partial charge in [0.15, 0.2) is 21.7 Å². The van der Waals surface area contributed by atoms with Gasteiger partial charge in [-0.1, -0.05) is 46.4 Å². The Kier molecular flexibility index (Phi) is 10.4. The van der Waals surface area contributed by atoms with Crippen LogP contribution in [0.4, 0.5) is 0 Å². The second kappa shape index (κ2) is 14.9. The Morgan fingerprint density at radius 1 is 0.377 bits per heavy atom. The van der Waals surface area contributed by atoms with Crippen LogP contribution in [0.3, 0.4) is 0 Å². The van der Waals surface area contributed by atoms with Crippen molar-refractivity contribution in [1.82, 2.24) is 19.9 Å². The monoisotopic (exact) mass is 976 g/mol. The number of aromatic amines is 4. The summed E-state index contributed by atoms with van der Waals surface area (Å²) < 4.78 is 70.4. The zero-order valence-corrected chi connectivity index (χ0v) is 35.5. The first-order chi connectivity index (χ1) is 28.3.